The van der Waals surface area contributed by atoms with Crippen LogP contribution in [-0.2, 0) is 0 Å². The Kier molecular flexibility index (Phi) is 5.21. The number of hydrogen-bond donors (Lipinski definition) is 2. The number of halogens is 1. The summed E-state index contributed by atoms with van der Waals surface area (Å²) >= 11 is 5.54. The minimum absolute atomic E-state index is 0.794. The molecule has 0 aliphatic rings. The summed E-state index contributed by atoms with van der Waals surface area (Å²) in [7, 11) is 0. The fourth-order valence-electron chi connectivity index (χ4n) is 0.415. The van der Waals surface area contributed by atoms with Gasteiger partial charge in [-0.1, -0.05) is 29.8 Å². The average Bonchev–Trinajstić information content (AvgIpc) is 1.94. The van der Waals surface area contributed by atoms with Crippen molar-refractivity contribution in [3.05, 3.63) is 35.4 Å². The first-order valence-electron chi connectivity index (χ1n) is 2.43. The van der Waals surface area contributed by atoms with E-state index in [1.165, 1.54) is 0 Å². The van der Waals surface area contributed by atoms with Crippen molar-refractivity contribution >= 4 is 11.6 Å². The number of hydrogen-bond acceptors (Lipinski definition) is 2. The first-order valence-corrected chi connectivity index (χ1v) is 2.81. The first-order chi connectivity index (χ1) is 4.39. The number of rotatable bonds is 0. The third-order valence-electron chi connectivity index (χ3n) is 0.733. The van der Waals surface area contributed by atoms with Crippen molar-refractivity contribution in [1.82, 2.24) is 0 Å². The predicted octanol–water partition coefficient (Wildman–Crippen LogP) is 1.16. The average molecular weight is 145 g/mol. The van der Waals surface area contributed by atoms with E-state index >= 15 is 0 Å². The second kappa shape index (κ2) is 5.56. The van der Waals surface area contributed by atoms with E-state index in [1.807, 2.05) is 30.3 Å². The van der Waals surface area contributed by atoms with E-state index in [0.29, 0.717) is 0 Å². The molecule has 1 aromatic carbocycles. The zero-order valence-electron chi connectivity index (χ0n) is 4.92. The topological polar surface area (TPSA) is 52.0 Å². The minimum atomic E-state index is 0.794. The van der Waals surface area contributed by atoms with Crippen molar-refractivity contribution in [2.45, 2.75) is 0 Å². The van der Waals surface area contributed by atoms with Gasteiger partial charge in [-0.3, -0.25) is 11.7 Å². The Hall–Kier alpha value is -0.570. The number of hydrazine groups is 1. The van der Waals surface area contributed by atoms with Crippen LogP contribution < -0.4 is 11.7 Å². The summed E-state index contributed by atoms with van der Waals surface area (Å²) in [5, 5.41) is 0.794. The molecule has 0 saturated carbocycles. The molecular weight excluding hydrogens is 136 g/mol. The van der Waals surface area contributed by atoms with Gasteiger partial charge in [0.25, 0.3) is 0 Å². The van der Waals surface area contributed by atoms with Gasteiger partial charge < -0.3 is 0 Å². The second-order valence-electron chi connectivity index (χ2n) is 1.30. The maximum absolute atomic E-state index is 5.54. The van der Waals surface area contributed by atoms with Gasteiger partial charge in [0.2, 0.25) is 0 Å². The number of nitrogens with two attached hydrogens (primary N) is 2. The molecule has 4 N–H and O–H groups in total. The van der Waals surface area contributed by atoms with Gasteiger partial charge in [0.1, 0.15) is 0 Å². The highest BCUT2D eigenvalue weighted by molar-refractivity contribution is 6.30. The first kappa shape index (κ1) is 8.43. The van der Waals surface area contributed by atoms with Crippen LogP contribution in [0.2, 0.25) is 5.02 Å². The van der Waals surface area contributed by atoms with Gasteiger partial charge in [-0.15, -0.1) is 0 Å². The van der Waals surface area contributed by atoms with Crippen LogP contribution in [0.4, 0.5) is 0 Å². The third kappa shape index (κ3) is 3.97. The molecule has 0 unspecified atom stereocenters. The normalized spacial score (nSPS) is 7.44. The van der Waals surface area contributed by atoms with Crippen LogP contribution in [-0.4, -0.2) is 0 Å². The Bertz CT molecular complexity index is 141. The minimum Gasteiger partial charge on any atom is -0.274 e. The Morgan fingerprint density at radius 3 is 1.67 bits per heavy atom. The lowest BCUT2D eigenvalue weighted by atomic mass is 10.4. The van der Waals surface area contributed by atoms with E-state index < -0.39 is 0 Å². The van der Waals surface area contributed by atoms with Crippen LogP contribution in [0, 0.1) is 0 Å². The van der Waals surface area contributed by atoms with Crippen molar-refractivity contribution in [3.63, 3.8) is 0 Å². The van der Waals surface area contributed by atoms with Crippen LogP contribution >= 0.6 is 11.6 Å². The summed E-state index contributed by atoms with van der Waals surface area (Å²) < 4.78 is 0. The standard InChI is InChI=1S/C6H5Cl.H4N2/c7-6-4-2-1-3-5-6;1-2/h1-5H;1-2H2. The highest BCUT2D eigenvalue weighted by atomic mass is 35.5. The fourth-order valence-corrected chi connectivity index (χ4v) is 0.560. The van der Waals surface area contributed by atoms with Gasteiger partial charge in [-0.05, 0) is 12.1 Å². The third-order valence-corrected chi connectivity index (χ3v) is 0.985. The van der Waals surface area contributed by atoms with E-state index in [0.717, 1.165) is 5.02 Å². The lowest BCUT2D eigenvalue weighted by Crippen LogP contribution is -2.02. The molecule has 0 heterocycles. The van der Waals surface area contributed by atoms with Crippen LogP contribution in [0.15, 0.2) is 30.3 Å². The molecule has 0 bridgehead atoms. The van der Waals surface area contributed by atoms with Crippen molar-refractivity contribution in [2.75, 3.05) is 0 Å². The summed E-state index contributed by atoms with van der Waals surface area (Å²) in [4.78, 5) is 0. The van der Waals surface area contributed by atoms with Crippen molar-refractivity contribution in [3.8, 4) is 0 Å². The summed E-state index contributed by atoms with van der Waals surface area (Å²) in [6, 6.07) is 9.44. The molecule has 0 fully saturated rings. The van der Waals surface area contributed by atoms with Crippen LogP contribution in [0.1, 0.15) is 0 Å². The van der Waals surface area contributed by atoms with Crippen molar-refractivity contribution < 1.29 is 0 Å². The summed E-state index contributed by atoms with van der Waals surface area (Å²) in [6.07, 6.45) is 0. The fraction of sp³-hybridized carbons (Fsp3) is 0. The Balaban J connectivity index is 0.000000291. The highest BCUT2D eigenvalue weighted by Crippen LogP contribution is 2.03. The van der Waals surface area contributed by atoms with Gasteiger partial charge in [-0.25, -0.2) is 0 Å². The van der Waals surface area contributed by atoms with E-state index in [2.05, 4.69) is 11.7 Å². The van der Waals surface area contributed by atoms with Gasteiger partial charge in [0.05, 0.1) is 0 Å². The van der Waals surface area contributed by atoms with Crippen LogP contribution in [0.3, 0.4) is 0 Å². The highest BCUT2D eigenvalue weighted by Gasteiger charge is 1.74. The SMILES string of the molecule is Clc1ccccc1.NN. The molecule has 0 aliphatic heterocycles. The molecule has 0 spiro atoms. The van der Waals surface area contributed by atoms with Crippen molar-refractivity contribution in [2.24, 2.45) is 11.7 Å². The Labute approximate surface area is 59.4 Å². The molecule has 1 aromatic rings. The molecule has 0 saturated heterocycles. The molecule has 50 valence electrons. The molecule has 0 amide bonds. The van der Waals surface area contributed by atoms with E-state index in [9.17, 15) is 0 Å². The van der Waals surface area contributed by atoms with E-state index in [-0.39, 0.29) is 0 Å². The quantitative estimate of drug-likeness (QED) is 0.424. The predicted molar refractivity (Wildman–Crippen MR) is 39.8 cm³/mol. The summed E-state index contributed by atoms with van der Waals surface area (Å²) in [5.41, 5.74) is 0. The van der Waals surface area contributed by atoms with Crippen molar-refractivity contribution in [1.29, 1.82) is 0 Å². The zero-order chi connectivity index (χ0) is 7.11. The monoisotopic (exact) mass is 144 g/mol. The molecule has 1 rings (SSSR count). The number of benzene rings is 1. The van der Waals surface area contributed by atoms with Crippen LogP contribution in [0.25, 0.3) is 0 Å². The Morgan fingerprint density at radius 1 is 1.00 bits per heavy atom. The van der Waals surface area contributed by atoms with Crippen LogP contribution in [0.5, 0.6) is 0 Å². The molecule has 9 heavy (non-hydrogen) atoms. The summed E-state index contributed by atoms with van der Waals surface area (Å²) in [6.45, 7) is 0. The molecule has 0 aliphatic carbocycles. The lowest BCUT2D eigenvalue weighted by molar-refractivity contribution is 1.26. The lowest BCUT2D eigenvalue weighted by Gasteiger charge is -1.80. The maximum atomic E-state index is 5.54. The molecule has 3 heteroatoms. The summed E-state index contributed by atoms with van der Waals surface area (Å²) in [5.74, 6) is 8.00. The molecule has 2 nitrogen and oxygen atoms in total. The zero-order valence-corrected chi connectivity index (χ0v) is 5.68. The van der Waals surface area contributed by atoms with Gasteiger partial charge in [0, 0.05) is 5.02 Å². The molecular formula is C6H9ClN2. The van der Waals surface area contributed by atoms with Gasteiger partial charge in [-0.2, -0.15) is 0 Å². The smallest absolute Gasteiger partial charge is 0.0405 e. The molecule has 0 atom stereocenters. The van der Waals surface area contributed by atoms with E-state index in [1.54, 1.807) is 0 Å². The van der Waals surface area contributed by atoms with E-state index in [4.69, 9.17) is 11.6 Å². The maximum Gasteiger partial charge on any atom is 0.0405 e. The van der Waals surface area contributed by atoms with Gasteiger partial charge >= 0.3 is 0 Å². The second-order valence-corrected chi connectivity index (χ2v) is 1.73. The Morgan fingerprint density at radius 2 is 1.44 bits per heavy atom. The molecule has 0 aromatic heterocycles. The molecule has 0 radical (unpaired) electrons. The van der Waals surface area contributed by atoms with Gasteiger partial charge in [0.15, 0.2) is 0 Å². The largest absolute Gasteiger partial charge is 0.274 e.